The number of carbonyl (C=O) groups excluding carboxylic acids is 2. The average molecular weight is 241 g/mol. The highest BCUT2D eigenvalue weighted by Crippen LogP contribution is 2.13. The van der Waals surface area contributed by atoms with Gasteiger partial charge in [0.2, 0.25) is 11.8 Å². The van der Waals surface area contributed by atoms with Gasteiger partial charge in [0, 0.05) is 25.0 Å². The Hall–Kier alpha value is -1.10. The van der Waals surface area contributed by atoms with Gasteiger partial charge in [-0.1, -0.05) is 13.8 Å². The maximum Gasteiger partial charge on any atom is 0.236 e. The zero-order valence-corrected chi connectivity index (χ0v) is 10.9. The van der Waals surface area contributed by atoms with Gasteiger partial charge in [0.15, 0.2) is 0 Å². The molecule has 1 heterocycles. The molecule has 98 valence electrons. The van der Waals surface area contributed by atoms with Gasteiger partial charge in [-0.05, 0) is 19.8 Å². The van der Waals surface area contributed by atoms with Crippen molar-refractivity contribution in [3.63, 3.8) is 0 Å². The van der Waals surface area contributed by atoms with Crippen LogP contribution in [0.5, 0.6) is 0 Å². The lowest BCUT2D eigenvalue weighted by Gasteiger charge is -2.33. The molecule has 2 amide bonds. The van der Waals surface area contributed by atoms with Gasteiger partial charge in [0.25, 0.3) is 0 Å². The molecular weight excluding hydrogens is 218 g/mol. The van der Waals surface area contributed by atoms with E-state index in [1.807, 2.05) is 18.7 Å². The Bertz CT molecular complexity index is 281. The molecule has 0 aromatic rings. The van der Waals surface area contributed by atoms with Crippen LogP contribution >= 0.6 is 0 Å². The SMILES string of the molecule is CC(C)C(=O)N1CCC(NC(=O)[C@H](C)N)CC1. The highest BCUT2D eigenvalue weighted by molar-refractivity contribution is 5.81. The molecule has 1 fully saturated rings. The number of hydrogen-bond donors (Lipinski definition) is 2. The summed E-state index contributed by atoms with van der Waals surface area (Å²) in [5.74, 6) is 0.130. The van der Waals surface area contributed by atoms with E-state index in [1.165, 1.54) is 0 Å². The van der Waals surface area contributed by atoms with E-state index in [4.69, 9.17) is 5.73 Å². The van der Waals surface area contributed by atoms with Gasteiger partial charge in [-0.15, -0.1) is 0 Å². The number of nitrogens with one attached hydrogen (secondary N) is 1. The molecule has 0 saturated carbocycles. The lowest BCUT2D eigenvalue weighted by molar-refractivity contribution is -0.135. The molecule has 0 aromatic heterocycles. The molecular formula is C12H23N3O2. The van der Waals surface area contributed by atoms with Crippen molar-refractivity contribution in [3.05, 3.63) is 0 Å². The number of likely N-dealkylation sites (tertiary alicyclic amines) is 1. The van der Waals surface area contributed by atoms with Crippen molar-refractivity contribution < 1.29 is 9.59 Å². The molecule has 5 heteroatoms. The van der Waals surface area contributed by atoms with Crippen LogP contribution in [-0.2, 0) is 9.59 Å². The summed E-state index contributed by atoms with van der Waals surface area (Å²) in [6.45, 7) is 6.94. The summed E-state index contributed by atoms with van der Waals surface area (Å²) >= 11 is 0. The van der Waals surface area contributed by atoms with Gasteiger partial charge >= 0.3 is 0 Å². The summed E-state index contributed by atoms with van der Waals surface area (Å²) in [7, 11) is 0. The Kier molecular flexibility index (Phi) is 4.93. The van der Waals surface area contributed by atoms with Crippen LogP contribution in [0.2, 0.25) is 0 Å². The molecule has 0 aliphatic carbocycles. The number of nitrogens with two attached hydrogens (primary N) is 1. The highest BCUT2D eigenvalue weighted by atomic mass is 16.2. The molecule has 0 aromatic carbocycles. The molecule has 1 saturated heterocycles. The monoisotopic (exact) mass is 241 g/mol. The van der Waals surface area contributed by atoms with Crippen molar-refractivity contribution in [2.75, 3.05) is 13.1 Å². The molecule has 1 aliphatic rings. The van der Waals surface area contributed by atoms with Gasteiger partial charge in [0.05, 0.1) is 6.04 Å². The van der Waals surface area contributed by atoms with E-state index in [-0.39, 0.29) is 23.8 Å². The maximum absolute atomic E-state index is 11.8. The summed E-state index contributed by atoms with van der Waals surface area (Å²) < 4.78 is 0. The zero-order chi connectivity index (χ0) is 13.0. The molecule has 1 rings (SSSR count). The molecule has 0 spiro atoms. The fraction of sp³-hybridized carbons (Fsp3) is 0.833. The summed E-state index contributed by atoms with van der Waals surface area (Å²) in [5, 5.41) is 2.91. The molecule has 17 heavy (non-hydrogen) atoms. The molecule has 0 unspecified atom stereocenters. The third kappa shape index (κ3) is 4.00. The van der Waals surface area contributed by atoms with Crippen LogP contribution in [0.15, 0.2) is 0 Å². The fourth-order valence-electron chi connectivity index (χ4n) is 1.94. The van der Waals surface area contributed by atoms with E-state index in [2.05, 4.69) is 5.32 Å². The molecule has 5 nitrogen and oxygen atoms in total. The predicted octanol–water partition coefficient (Wildman–Crippen LogP) is 0.0968. The summed E-state index contributed by atoms with van der Waals surface area (Å²) in [6.07, 6.45) is 1.63. The minimum Gasteiger partial charge on any atom is -0.352 e. The van der Waals surface area contributed by atoms with E-state index in [0.717, 1.165) is 25.9 Å². The molecule has 1 aliphatic heterocycles. The Balaban J connectivity index is 2.36. The van der Waals surface area contributed by atoms with Gasteiger partial charge in [-0.3, -0.25) is 9.59 Å². The van der Waals surface area contributed by atoms with Gasteiger partial charge in [0.1, 0.15) is 0 Å². The number of nitrogens with zero attached hydrogens (tertiary/aromatic N) is 1. The van der Waals surface area contributed by atoms with Crippen LogP contribution in [0.1, 0.15) is 33.6 Å². The van der Waals surface area contributed by atoms with E-state index in [9.17, 15) is 9.59 Å². The lowest BCUT2D eigenvalue weighted by Crippen LogP contribution is -2.50. The van der Waals surface area contributed by atoms with Gasteiger partial charge < -0.3 is 16.0 Å². The first-order chi connectivity index (χ1) is 7.91. The zero-order valence-electron chi connectivity index (χ0n) is 10.9. The first kappa shape index (κ1) is 14.0. The largest absolute Gasteiger partial charge is 0.352 e. The molecule has 3 N–H and O–H groups in total. The first-order valence-electron chi connectivity index (χ1n) is 6.26. The van der Waals surface area contributed by atoms with E-state index in [0.29, 0.717) is 0 Å². The highest BCUT2D eigenvalue weighted by Gasteiger charge is 2.25. The second kappa shape index (κ2) is 6.00. The number of rotatable bonds is 3. The fourth-order valence-corrected chi connectivity index (χ4v) is 1.94. The van der Waals surface area contributed by atoms with E-state index < -0.39 is 6.04 Å². The minimum atomic E-state index is -0.467. The van der Waals surface area contributed by atoms with Crippen LogP contribution in [0.3, 0.4) is 0 Å². The van der Waals surface area contributed by atoms with Crippen LogP contribution < -0.4 is 11.1 Å². The standard InChI is InChI=1S/C12H23N3O2/c1-8(2)12(17)15-6-4-10(5-7-15)14-11(16)9(3)13/h8-10H,4-7,13H2,1-3H3,(H,14,16)/t9-/m0/s1. The second-order valence-electron chi connectivity index (χ2n) is 5.05. The lowest BCUT2D eigenvalue weighted by atomic mass is 10.0. The Labute approximate surface area is 103 Å². The summed E-state index contributed by atoms with van der Waals surface area (Å²) in [4.78, 5) is 25.0. The second-order valence-corrected chi connectivity index (χ2v) is 5.05. The third-order valence-corrected chi connectivity index (χ3v) is 3.06. The normalized spacial score (nSPS) is 19.2. The maximum atomic E-state index is 11.8. The summed E-state index contributed by atoms with van der Waals surface area (Å²) in [5.41, 5.74) is 5.49. The van der Waals surface area contributed by atoms with E-state index >= 15 is 0 Å². The third-order valence-electron chi connectivity index (χ3n) is 3.06. The van der Waals surface area contributed by atoms with E-state index in [1.54, 1.807) is 6.92 Å². The van der Waals surface area contributed by atoms with Crippen molar-refractivity contribution in [1.29, 1.82) is 0 Å². The molecule has 0 radical (unpaired) electrons. The number of piperidine rings is 1. The van der Waals surface area contributed by atoms with Crippen LogP contribution in [0.4, 0.5) is 0 Å². The van der Waals surface area contributed by atoms with Crippen molar-refractivity contribution >= 4 is 11.8 Å². The number of carbonyl (C=O) groups is 2. The topological polar surface area (TPSA) is 75.4 Å². The minimum absolute atomic E-state index is 0.0465. The van der Waals surface area contributed by atoms with Crippen molar-refractivity contribution in [1.82, 2.24) is 10.2 Å². The number of amides is 2. The Morgan fingerprint density at radius 2 is 1.76 bits per heavy atom. The van der Waals surface area contributed by atoms with Crippen molar-refractivity contribution in [2.45, 2.75) is 45.7 Å². The molecule has 1 atom stereocenters. The van der Waals surface area contributed by atoms with Gasteiger partial charge in [-0.25, -0.2) is 0 Å². The van der Waals surface area contributed by atoms with Crippen LogP contribution in [0.25, 0.3) is 0 Å². The Morgan fingerprint density at radius 1 is 1.24 bits per heavy atom. The van der Waals surface area contributed by atoms with Crippen molar-refractivity contribution in [2.24, 2.45) is 11.7 Å². The van der Waals surface area contributed by atoms with Crippen LogP contribution in [0, 0.1) is 5.92 Å². The van der Waals surface area contributed by atoms with Gasteiger partial charge in [-0.2, -0.15) is 0 Å². The average Bonchev–Trinajstić information content (AvgIpc) is 2.28. The van der Waals surface area contributed by atoms with Crippen LogP contribution in [-0.4, -0.2) is 41.9 Å². The number of hydrogen-bond acceptors (Lipinski definition) is 3. The molecule has 0 bridgehead atoms. The smallest absolute Gasteiger partial charge is 0.236 e. The first-order valence-corrected chi connectivity index (χ1v) is 6.26. The predicted molar refractivity (Wildman–Crippen MR) is 66.2 cm³/mol. The summed E-state index contributed by atoms with van der Waals surface area (Å²) in [6, 6.07) is -0.310. The quantitative estimate of drug-likeness (QED) is 0.735. The van der Waals surface area contributed by atoms with Crippen molar-refractivity contribution in [3.8, 4) is 0 Å². The Morgan fingerprint density at radius 3 is 2.18 bits per heavy atom.